The highest BCUT2D eigenvalue weighted by atomic mass is 35.5. The number of unbranched alkanes of at least 4 members (excludes halogenated alkanes) is 1. The first-order valence-electron chi connectivity index (χ1n) is 8.04. The van der Waals surface area contributed by atoms with E-state index in [0.717, 1.165) is 70.3 Å². The maximum atomic E-state index is 5.81. The lowest BCUT2D eigenvalue weighted by molar-refractivity contribution is 0.133. The molecule has 22 heavy (non-hydrogen) atoms. The Morgan fingerprint density at radius 3 is 2.00 bits per heavy atom. The summed E-state index contributed by atoms with van der Waals surface area (Å²) in [5, 5.41) is 0. The van der Waals surface area contributed by atoms with Gasteiger partial charge in [-0.1, -0.05) is 13.3 Å². The number of nitrogens with zero attached hydrogens (tertiary/aromatic N) is 2. The second-order valence-corrected chi connectivity index (χ2v) is 5.67. The minimum atomic E-state index is 0. The average molecular weight is 329 g/mol. The first-order chi connectivity index (χ1) is 10.3. The zero-order chi connectivity index (χ0) is 14.9. The summed E-state index contributed by atoms with van der Waals surface area (Å²) < 4.78 is 11.4. The number of piperazine rings is 1. The topological polar surface area (TPSA) is 24.9 Å². The van der Waals surface area contributed by atoms with Crippen LogP contribution in [0.25, 0.3) is 0 Å². The van der Waals surface area contributed by atoms with Gasteiger partial charge in [-0.15, -0.1) is 12.4 Å². The number of likely N-dealkylation sites (N-methyl/N-ethyl adjacent to an activating group) is 1. The zero-order valence-corrected chi connectivity index (χ0v) is 14.6. The van der Waals surface area contributed by atoms with Crippen molar-refractivity contribution in [2.45, 2.75) is 19.8 Å². The molecule has 0 N–H and O–H groups in total. The fraction of sp³-hybridized carbons (Fsp3) is 0.647. The van der Waals surface area contributed by atoms with Crippen molar-refractivity contribution in [2.24, 2.45) is 0 Å². The molecule has 0 spiro atoms. The van der Waals surface area contributed by atoms with E-state index >= 15 is 0 Å². The summed E-state index contributed by atoms with van der Waals surface area (Å²) in [6, 6.07) is 7.96. The van der Waals surface area contributed by atoms with Gasteiger partial charge in [0.1, 0.15) is 18.1 Å². The molecule has 1 aromatic rings. The number of benzene rings is 1. The van der Waals surface area contributed by atoms with E-state index in [-0.39, 0.29) is 12.4 Å². The number of ether oxygens (including phenoxy) is 2. The summed E-state index contributed by atoms with van der Waals surface area (Å²) in [5.41, 5.74) is 0. The van der Waals surface area contributed by atoms with Crippen molar-refractivity contribution in [3.8, 4) is 11.5 Å². The fourth-order valence-electron chi connectivity index (χ4n) is 2.33. The Balaban J connectivity index is 0.00000242. The average Bonchev–Trinajstić information content (AvgIpc) is 2.51. The van der Waals surface area contributed by atoms with Gasteiger partial charge in [0.15, 0.2) is 0 Å². The Hall–Kier alpha value is -0.970. The van der Waals surface area contributed by atoms with E-state index in [2.05, 4.69) is 23.8 Å². The second kappa shape index (κ2) is 10.7. The third-order valence-electron chi connectivity index (χ3n) is 3.86. The van der Waals surface area contributed by atoms with E-state index in [4.69, 9.17) is 9.47 Å². The Kier molecular flexibility index (Phi) is 9.28. The maximum Gasteiger partial charge on any atom is 0.119 e. The van der Waals surface area contributed by atoms with Gasteiger partial charge in [-0.05, 0) is 37.7 Å². The van der Waals surface area contributed by atoms with Crippen LogP contribution in [0.15, 0.2) is 24.3 Å². The van der Waals surface area contributed by atoms with E-state index < -0.39 is 0 Å². The van der Waals surface area contributed by atoms with Crippen LogP contribution >= 0.6 is 12.4 Å². The summed E-state index contributed by atoms with van der Waals surface area (Å²) in [5.74, 6) is 1.85. The molecule has 0 aliphatic carbocycles. The summed E-state index contributed by atoms with van der Waals surface area (Å²) in [7, 11) is 2.18. The van der Waals surface area contributed by atoms with Gasteiger partial charge in [-0.3, -0.25) is 4.90 Å². The van der Waals surface area contributed by atoms with E-state index in [1.165, 1.54) is 0 Å². The van der Waals surface area contributed by atoms with Crippen molar-refractivity contribution < 1.29 is 9.47 Å². The second-order valence-electron chi connectivity index (χ2n) is 5.67. The van der Waals surface area contributed by atoms with Crippen molar-refractivity contribution in [3.63, 3.8) is 0 Å². The van der Waals surface area contributed by atoms with Crippen molar-refractivity contribution in [1.29, 1.82) is 0 Å². The maximum absolute atomic E-state index is 5.81. The summed E-state index contributed by atoms with van der Waals surface area (Å²) in [4.78, 5) is 4.83. The molecule has 126 valence electrons. The lowest BCUT2D eigenvalue weighted by atomic mass is 10.3. The molecule has 1 aliphatic heterocycles. The zero-order valence-electron chi connectivity index (χ0n) is 13.8. The minimum Gasteiger partial charge on any atom is -0.494 e. The van der Waals surface area contributed by atoms with Crippen LogP contribution in [0, 0.1) is 0 Å². The van der Waals surface area contributed by atoms with Crippen molar-refractivity contribution >= 4 is 12.4 Å². The fourth-order valence-corrected chi connectivity index (χ4v) is 2.33. The van der Waals surface area contributed by atoms with Crippen molar-refractivity contribution in [1.82, 2.24) is 9.80 Å². The standard InChI is InChI=1S/C17H28N2O2.ClH/c1-3-4-14-20-16-5-7-17(8-6-16)21-15-13-19-11-9-18(2)10-12-19;/h5-8H,3-4,9-15H2,1-2H3;1H. The molecule has 2 rings (SSSR count). The lowest BCUT2D eigenvalue weighted by Crippen LogP contribution is -2.45. The highest BCUT2D eigenvalue weighted by Crippen LogP contribution is 2.17. The molecule has 1 heterocycles. The van der Waals surface area contributed by atoms with Crippen molar-refractivity contribution in [2.75, 3.05) is 53.0 Å². The molecule has 0 bridgehead atoms. The smallest absolute Gasteiger partial charge is 0.119 e. The van der Waals surface area contributed by atoms with Crippen LogP contribution in [0.5, 0.6) is 11.5 Å². The molecular formula is C17H29ClN2O2. The molecule has 1 aromatic carbocycles. The van der Waals surface area contributed by atoms with Gasteiger partial charge in [0.25, 0.3) is 0 Å². The number of halogens is 1. The molecule has 0 saturated carbocycles. The summed E-state index contributed by atoms with van der Waals surface area (Å²) >= 11 is 0. The van der Waals surface area contributed by atoms with Gasteiger partial charge in [-0.2, -0.15) is 0 Å². The van der Waals surface area contributed by atoms with Gasteiger partial charge >= 0.3 is 0 Å². The molecule has 0 unspecified atom stereocenters. The first kappa shape index (κ1) is 19.1. The Bertz CT molecular complexity index is 392. The van der Waals surface area contributed by atoms with Crippen LogP contribution in [0.1, 0.15) is 19.8 Å². The molecule has 0 radical (unpaired) electrons. The van der Waals surface area contributed by atoms with Crippen LogP contribution < -0.4 is 9.47 Å². The molecule has 1 fully saturated rings. The summed E-state index contributed by atoms with van der Waals surface area (Å²) in [6.45, 7) is 9.31. The van der Waals surface area contributed by atoms with Gasteiger partial charge < -0.3 is 14.4 Å². The minimum absolute atomic E-state index is 0. The van der Waals surface area contributed by atoms with E-state index in [1.807, 2.05) is 24.3 Å². The van der Waals surface area contributed by atoms with E-state index in [1.54, 1.807) is 0 Å². The molecule has 5 heteroatoms. The molecule has 0 aromatic heterocycles. The van der Waals surface area contributed by atoms with E-state index in [0.29, 0.717) is 0 Å². The lowest BCUT2D eigenvalue weighted by Gasteiger charge is -2.32. The molecule has 0 amide bonds. The molecule has 1 aliphatic rings. The van der Waals surface area contributed by atoms with Crippen LogP contribution in [-0.4, -0.2) is 62.8 Å². The van der Waals surface area contributed by atoms with Gasteiger partial charge in [0.05, 0.1) is 6.61 Å². The van der Waals surface area contributed by atoms with Crippen molar-refractivity contribution in [3.05, 3.63) is 24.3 Å². The largest absolute Gasteiger partial charge is 0.494 e. The normalized spacial score (nSPS) is 16.1. The molecule has 4 nitrogen and oxygen atoms in total. The van der Waals surface area contributed by atoms with Crippen LogP contribution in [-0.2, 0) is 0 Å². The van der Waals surface area contributed by atoms with Gasteiger partial charge in [-0.25, -0.2) is 0 Å². The predicted octanol–water partition coefficient (Wildman–Crippen LogP) is 2.91. The third kappa shape index (κ3) is 6.86. The van der Waals surface area contributed by atoms with Crippen LogP contribution in [0.3, 0.4) is 0 Å². The SMILES string of the molecule is CCCCOc1ccc(OCCN2CCN(C)CC2)cc1.Cl. The molecule has 1 saturated heterocycles. The number of hydrogen-bond acceptors (Lipinski definition) is 4. The van der Waals surface area contributed by atoms with Gasteiger partial charge in [0, 0.05) is 32.7 Å². The number of hydrogen-bond donors (Lipinski definition) is 0. The Labute approximate surface area is 140 Å². The van der Waals surface area contributed by atoms with Gasteiger partial charge in [0.2, 0.25) is 0 Å². The van der Waals surface area contributed by atoms with Crippen LogP contribution in [0.4, 0.5) is 0 Å². The van der Waals surface area contributed by atoms with E-state index in [9.17, 15) is 0 Å². The summed E-state index contributed by atoms with van der Waals surface area (Å²) in [6.07, 6.45) is 2.26. The highest BCUT2D eigenvalue weighted by molar-refractivity contribution is 5.85. The Morgan fingerprint density at radius 2 is 1.45 bits per heavy atom. The quantitative estimate of drug-likeness (QED) is 0.685. The number of rotatable bonds is 8. The monoisotopic (exact) mass is 328 g/mol. The molecular weight excluding hydrogens is 300 g/mol. The molecule has 0 atom stereocenters. The first-order valence-corrected chi connectivity index (χ1v) is 8.04. The predicted molar refractivity (Wildman–Crippen MR) is 93.5 cm³/mol. The third-order valence-corrected chi connectivity index (χ3v) is 3.86. The highest BCUT2D eigenvalue weighted by Gasteiger charge is 2.13. The van der Waals surface area contributed by atoms with Crippen LogP contribution in [0.2, 0.25) is 0 Å². The Morgan fingerprint density at radius 1 is 0.909 bits per heavy atom.